The van der Waals surface area contributed by atoms with Crippen molar-refractivity contribution in [1.29, 1.82) is 0 Å². The molecule has 2 aromatic carbocycles. The van der Waals surface area contributed by atoms with Gasteiger partial charge in [0.1, 0.15) is 0 Å². The molecule has 3 aromatic rings. The summed E-state index contributed by atoms with van der Waals surface area (Å²) in [6.07, 6.45) is 4.69. The number of amides is 1. The lowest BCUT2D eigenvalue weighted by atomic mass is 10.1. The minimum atomic E-state index is 0.267. The average molecular weight is 418 g/mol. The van der Waals surface area contributed by atoms with Crippen LogP contribution in [0.5, 0.6) is 0 Å². The number of H-pyrrole nitrogens is 1. The summed E-state index contributed by atoms with van der Waals surface area (Å²) in [5, 5.41) is 8.06. The van der Waals surface area contributed by atoms with E-state index in [9.17, 15) is 4.79 Å². The van der Waals surface area contributed by atoms with Gasteiger partial charge in [-0.05, 0) is 48.1 Å². The van der Waals surface area contributed by atoms with E-state index in [4.69, 9.17) is 0 Å². The molecule has 0 unspecified atom stereocenters. The van der Waals surface area contributed by atoms with Gasteiger partial charge in [0.2, 0.25) is 5.91 Å². The Morgan fingerprint density at radius 2 is 1.94 bits per heavy atom. The zero-order valence-electron chi connectivity index (χ0n) is 18.4. The van der Waals surface area contributed by atoms with Crippen molar-refractivity contribution in [3.63, 3.8) is 0 Å². The summed E-state index contributed by atoms with van der Waals surface area (Å²) in [5.74, 6) is 1.06. The second-order valence-electron chi connectivity index (χ2n) is 8.20. The molecule has 31 heavy (non-hydrogen) atoms. The fourth-order valence-electron chi connectivity index (χ4n) is 4.08. The van der Waals surface area contributed by atoms with Crippen LogP contribution in [0.25, 0.3) is 10.9 Å². The van der Waals surface area contributed by atoms with E-state index in [1.807, 2.05) is 4.90 Å². The first-order valence-corrected chi connectivity index (χ1v) is 11.0. The van der Waals surface area contributed by atoms with Crippen LogP contribution < -0.4 is 10.6 Å². The van der Waals surface area contributed by atoms with E-state index in [-0.39, 0.29) is 5.91 Å². The van der Waals surface area contributed by atoms with Crippen molar-refractivity contribution in [2.75, 3.05) is 20.1 Å². The van der Waals surface area contributed by atoms with Crippen LogP contribution in [0.4, 0.5) is 0 Å². The van der Waals surface area contributed by atoms with Crippen molar-refractivity contribution in [2.24, 2.45) is 4.99 Å². The molecule has 1 aliphatic heterocycles. The number of fused-ring (bicyclic) bond motifs is 1. The first-order valence-electron chi connectivity index (χ1n) is 11.0. The van der Waals surface area contributed by atoms with Gasteiger partial charge in [0.05, 0.1) is 0 Å². The largest absolute Gasteiger partial charge is 0.361 e. The summed E-state index contributed by atoms with van der Waals surface area (Å²) >= 11 is 0. The van der Waals surface area contributed by atoms with Crippen LogP contribution in [0, 0.1) is 6.92 Å². The summed E-state index contributed by atoms with van der Waals surface area (Å²) in [7, 11) is 1.79. The van der Waals surface area contributed by atoms with Gasteiger partial charge in [-0.2, -0.15) is 0 Å². The van der Waals surface area contributed by atoms with Crippen molar-refractivity contribution in [1.82, 2.24) is 20.5 Å². The Labute approximate surface area is 183 Å². The second-order valence-corrected chi connectivity index (χ2v) is 8.20. The van der Waals surface area contributed by atoms with Gasteiger partial charge < -0.3 is 20.5 Å². The molecule has 6 nitrogen and oxygen atoms in total. The highest BCUT2D eigenvalue weighted by Gasteiger charge is 2.19. The highest BCUT2D eigenvalue weighted by molar-refractivity contribution is 5.84. The van der Waals surface area contributed by atoms with Gasteiger partial charge in [0.15, 0.2) is 5.96 Å². The Morgan fingerprint density at radius 1 is 1.13 bits per heavy atom. The molecular weight excluding hydrogens is 386 g/mol. The number of carbonyl (C=O) groups excluding carboxylic acids is 1. The third-order valence-corrected chi connectivity index (χ3v) is 5.86. The minimum Gasteiger partial charge on any atom is -0.361 e. The van der Waals surface area contributed by atoms with Crippen molar-refractivity contribution in [3.05, 3.63) is 70.9 Å². The van der Waals surface area contributed by atoms with Gasteiger partial charge in [0.25, 0.3) is 0 Å². The van der Waals surface area contributed by atoms with Crippen molar-refractivity contribution >= 4 is 22.8 Å². The lowest BCUT2D eigenvalue weighted by Gasteiger charge is -2.16. The SMILES string of the molecule is CN=C(NCCc1c[nH]c2cc(C)ccc12)NCc1ccc(CN2CCCC2=O)cc1. The fraction of sp³-hybridized carbons (Fsp3) is 0.360. The summed E-state index contributed by atoms with van der Waals surface area (Å²) in [6, 6.07) is 15.0. The number of aromatic amines is 1. The normalized spacial score (nSPS) is 14.5. The van der Waals surface area contributed by atoms with Gasteiger partial charge in [0, 0.05) is 56.7 Å². The summed E-state index contributed by atoms with van der Waals surface area (Å²) in [5.41, 5.74) is 6.13. The monoisotopic (exact) mass is 417 g/mol. The predicted molar refractivity (Wildman–Crippen MR) is 126 cm³/mol. The molecule has 0 aliphatic carbocycles. The molecule has 0 saturated carbocycles. The first kappa shape index (κ1) is 21.0. The quantitative estimate of drug-likeness (QED) is 0.407. The summed E-state index contributed by atoms with van der Waals surface area (Å²) < 4.78 is 0. The molecule has 0 radical (unpaired) electrons. The van der Waals surface area contributed by atoms with Crippen LogP contribution in [0.15, 0.2) is 53.7 Å². The third kappa shape index (κ3) is 5.26. The standard InChI is InChI=1S/C25H31N5O/c1-18-5-10-22-21(16-28-23(22)14-18)11-12-27-25(26-2)29-15-19-6-8-20(9-7-19)17-30-13-3-4-24(30)31/h5-10,14,16,28H,3-4,11-13,15,17H2,1-2H3,(H2,26,27,29). The van der Waals surface area contributed by atoms with Gasteiger partial charge in [-0.15, -0.1) is 0 Å². The molecule has 4 rings (SSSR count). The molecule has 1 aromatic heterocycles. The maximum Gasteiger partial charge on any atom is 0.222 e. The van der Waals surface area contributed by atoms with Crippen molar-refractivity contribution < 1.29 is 4.79 Å². The minimum absolute atomic E-state index is 0.267. The molecule has 3 N–H and O–H groups in total. The number of likely N-dealkylation sites (tertiary alicyclic amines) is 1. The Bertz CT molecular complexity index is 1070. The first-order chi connectivity index (χ1) is 15.1. The van der Waals surface area contributed by atoms with Crippen LogP contribution in [-0.4, -0.2) is 41.9 Å². The fourth-order valence-corrected chi connectivity index (χ4v) is 4.08. The van der Waals surface area contributed by atoms with Gasteiger partial charge in [-0.1, -0.05) is 36.4 Å². The van der Waals surface area contributed by atoms with E-state index in [0.29, 0.717) is 19.5 Å². The molecule has 0 bridgehead atoms. The molecular formula is C25H31N5O. The maximum atomic E-state index is 11.8. The predicted octanol–water partition coefficient (Wildman–Crippen LogP) is 3.51. The highest BCUT2D eigenvalue weighted by atomic mass is 16.2. The molecule has 1 aliphatic rings. The molecule has 6 heteroatoms. The van der Waals surface area contributed by atoms with Crippen LogP contribution in [0.2, 0.25) is 0 Å². The Kier molecular flexibility index (Phi) is 6.55. The van der Waals surface area contributed by atoms with Crippen LogP contribution in [0.3, 0.4) is 0 Å². The average Bonchev–Trinajstić information content (AvgIpc) is 3.37. The van der Waals surface area contributed by atoms with Gasteiger partial charge >= 0.3 is 0 Å². The summed E-state index contributed by atoms with van der Waals surface area (Å²) in [6.45, 7) is 5.21. The van der Waals surface area contributed by atoms with Gasteiger partial charge in [-0.3, -0.25) is 9.79 Å². The molecule has 2 heterocycles. The number of aromatic nitrogens is 1. The number of aryl methyl sites for hydroxylation is 1. The number of carbonyl (C=O) groups is 1. The van der Waals surface area contributed by atoms with E-state index < -0.39 is 0 Å². The molecule has 162 valence electrons. The number of aliphatic imine (C=N–C) groups is 1. The van der Waals surface area contributed by atoms with E-state index in [1.165, 1.54) is 33.2 Å². The zero-order valence-corrected chi connectivity index (χ0v) is 18.4. The number of nitrogens with zero attached hydrogens (tertiary/aromatic N) is 2. The number of hydrogen-bond donors (Lipinski definition) is 3. The van der Waals surface area contributed by atoms with E-state index in [2.05, 4.69) is 76.2 Å². The topological polar surface area (TPSA) is 72.5 Å². The second kappa shape index (κ2) is 9.69. The molecule has 0 spiro atoms. The lowest BCUT2D eigenvalue weighted by Crippen LogP contribution is -2.37. The Hall–Kier alpha value is -3.28. The lowest BCUT2D eigenvalue weighted by molar-refractivity contribution is -0.128. The van der Waals surface area contributed by atoms with Crippen molar-refractivity contribution in [2.45, 2.75) is 39.3 Å². The Morgan fingerprint density at radius 3 is 2.68 bits per heavy atom. The maximum absolute atomic E-state index is 11.8. The van der Waals surface area contributed by atoms with E-state index in [0.717, 1.165) is 31.9 Å². The molecule has 0 atom stereocenters. The van der Waals surface area contributed by atoms with Crippen LogP contribution in [0.1, 0.15) is 35.1 Å². The molecule has 1 fully saturated rings. The number of guanidine groups is 1. The Balaban J connectivity index is 1.24. The van der Waals surface area contributed by atoms with Gasteiger partial charge in [-0.25, -0.2) is 0 Å². The third-order valence-electron chi connectivity index (χ3n) is 5.86. The summed E-state index contributed by atoms with van der Waals surface area (Å²) in [4.78, 5) is 21.4. The smallest absolute Gasteiger partial charge is 0.222 e. The van der Waals surface area contributed by atoms with Crippen LogP contribution >= 0.6 is 0 Å². The zero-order chi connectivity index (χ0) is 21.6. The van der Waals surface area contributed by atoms with Crippen LogP contribution in [-0.2, 0) is 24.3 Å². The van der Waals surface area contributed by atoms with E-state index in [1.54, 1.807) is 7.05 Å². The molecule has 1 amide bonds. The number of nitrogens with one attached hydrogen (secondary N) is 3. The van der Waals surface area contributed by atoms with Crippen molar-refractivity contribution in [3.8, 4) is 0 Å². The number of benzene rings is 2. The molecule has 1 saturated heterocycles. The number of hydrogen-bond acceptors (Lipinski definition) is 2. The van der Waals surface area contributed by atoms with E-state index >= 15 is 0 Å². The highest BCUT2D eigenvalue weighted by Crippen LogP contribution is 2.19. The number of rotatable bonds is 7.